The molecule has 2 aromatic rings. The van der Waals surface area contributed by atoms with Crippen molar-refractivity contribution in [1.29, 1.82) is 0 Å². The lowest BCUT2D eigenvalue weighted by Crippen LogP contribution is -2.54. The smallest absolute Gasteiger partial charge is 0.410 e. The quantitative estimate of drug-likeness (QED) is 0.699. The van der Waals surface area contributed by atoms with Gasteiger partial charge in [0.05, 0.1) is 5.69 Å². The van der Waals surface area contributed by atoms with Gasteiger partial charge in [-0.05, 0) is 33.6 Å². The summed E-state index contributed by atoms with van der Waals surface area (Å²) in [7, 11) is 0. The van der Waals surface area contributed by atoms with Crippen molar-refractivity contribution in [3.63, 3.8) is 0 Å². The molecule has 8 heteroatoms. The van der Waals surface area contributed by atoms with Crippen molar-refractivity contribution in [2.45, 2.75) is 51.8 Å². The lowest BCUT2D eigenvalue weighted by atomic mass is 10.1. The number of hydrogen-bond acceptors (Lipinski definition) is 6. The van der Waals surface area contributed by atoms with Crippen LogP contribution in [0.3, 0.4) is 0 Å². The van der Waals surface area contributed by atoms with E-state index in [1.807, 2.05) is 43.9 Å². The van der Waals surface area contributed by atoms with E-state index < -0.39 is 11.6 Å². The third kappa shape index (κ3) is 5.48. The Kier molecular flexibility index (Phi) is 6.81. The third-order valence-electron chi connectivity index (χ3n) is 5.81. The van der Waals surface area contributed by atoms with Crippen molar-refractivity contribution in [3.05, 3.63) is 41.4 Å². The number of likely N-dealkylation sites (tertiary alicyclic amines) is 1. The van der Waals surface area contributed by atoms with Crippen molar-refractivity contribution in [2.75, 3.05) is 32.7 Å². The Hall–Kier alpha value is -2.45. The number of aromatic nitrogens is 1. The molecule has 172 valence electrons. The second-order valence-electron chi connectivity index (χ2n) is 9.44. The van der Waals surface area contributed by atoms with Gasteiger partial charge >= 0.3 is 6.09 Å². The van der Waals surface area contributed by atoms with Crippen LogP contribution in [-0.2, 0) is 16.1 Å². The Bertz CT molecular complexity index is 932. The zero-order chi connectivity index (χ0) is 22.7. The average molecular weight is 457 g/mol. The molecule has 0 aliphatic carbocycles. The number of amides is 2. The molecule has 0 bridgehead atoms. The highest BCUT2D eigenvalue weighted by molar-refractivity contribution is 7.13. The molecule has 7 nitrogen and oxygen atoms in total. The topological polar surface area (TPSA) is 66.0 Å². The van der Waals surface area contributed by atoms with Crippen molar-refractivity contribution in [2.24, 2.45) is 0 Å². The molecule has 0 spiro atoms. The summed E-state index contributed by atoms with van der Waals surface area (Å²) in [6.45, 7) is 9.89. The van der Waals surface area contributed by atoms with Crippen molar-refractivity contribution in [1.82, 2.24) is 19.7 Å². The molecular formula is C24H32N4O3S. The van der Waals surface area contributed by atoms with Crippen LogP contribution in [0.2, 0.25) is 0 Å². The maximum absolute atomic E-state index is 13.2. The normalized spacial score (nSPS) is 19.9. The van der Waals surface area contributed by atoms with E-state index in [0.717, 1.165) is 42.3 Å². The van der Waals surface area contributed by atoms with Crippen LogP contribution in [0.4, 0.5) is 4.79 Å². The van der Waals surface area contributed by atoms with E-state index in [9.17, 15) is 9.59 Å². The second kappa shape index (κ2) is 9.58. The van der Waals surface area contributed by atoms with Gasteiger partial charge in [-0.3, -0.25) is 14.6 Å². The van der Waals surface area contributed by atoms with Crippen LogP contribution >= 0.6 is 11.3 Å². The van der Waals surface area contributed by atoms with Crippen LogP contribution in [0.15, 0.2) is 35.7 Å². The second-order valence-corrected chi connectivity index (χ2v) is 10.3. The fourth-order valence-electron chi connectivity index (χ4n) is 4.22. The number of nitrogens with zero attached hydrogens (tertiary/aromatic N) is 4. The van der Waals surface area contributed by atoms with Crippen LogP contribution < -0.4 is 0 Å². The summed E-state index contributed by atoms with van der Waals surface area (Å²) in [5, 5.41) is 3.16. The average Bonchev–Trinajstić information content (AvgIpc) is 3.43. The van der Waals surface area contributed by atoms with Gasteiger partial charge in [0.1, 0.15) is 16.7 Å². The number of ether oxygens (including phenoxy) is 1. The highest BCUT2D eigenvalue weighted by Gasteiger charge is 2.39. The lowest BCUT2D eigenvalue weighted by molar-refractivity contribution is -0.137. The van der Waals surface area contributed by atoms with Crippen LogP contribution in [-0.4, -0.2) is 76.1 Å². The fourth-order valence-corrected chi connectivity index (χ4v) is 5.04. The predicted octanol–water partition coefficient (Wildman–Crippen LogP) is 3.85. The minimum atomic E-state index is -0.561. The van der Waals surface area contributed by atoms with Crippen molar-refractivity contribution in [3.8, 4) is 10.6 Å². The maximum Gasteiger partial charge on any atom is 0.410 e. The first-order chi connectivity index (χ1) is 15.3. The van der Waals surface area contributed by atoms with Gasteiger partial charge < -0.3 is 9.64 Å². The zero-order valence-electron chi connectivity index (χ0n) is 19.1. The summed E-state index contributed by atoms with van der Waals surface area (Å²) in [6.07, 6.45) is 1.16. The van der Waals surface area contributed by atoms with Gasteiger partial charge in [-0.25, -0.2) is 9.78 Å². The maximum atomic E-state index is 13.2. The number of benzene rings is 1. The molecule has 2 saturated heterocycles. The molecule has 2 amide bonds. The highest BCUT2D eigenvalue weighted by atomic mass is 32.1. The summed E-state index contributed by atoms with van der Waals surface area (Å²) in [4.78, 5) is 36.3. The van der Waals surface area contributed by atoms with E-state index in [2.05, 4.69) is 22.4 Å². The van der Waals surface area contributed by atoms with E-state index in [0.29, 0.717) is 26.1 Å². The Morgan fingerprint density at radius 1 is 1.09 bits per heavy atom. The fraction of sp³-hybridized carbons (Fsp3) is 0.542. The van der Waals surface area contributed by atoms with Gasteiger partial charge in [0.15, 0.2) is 0 Å². The van der Waals surface area contributed by atoms with Crippen molar-refractivity contribution >= 4 is 23.3 Å². The van der Waals surface area contributed by atoms with Crippen LogP contribution in [0.25, 0.3) is 10.6 Å². The first-order valence-electron chi connectivity index (χ1n) is 11.3. The summed E-state index contributed by atoms with van der Waals surface area (Å²) in [5.41, 5.74) is 1.65. The summed E-state index contributed by atoms with van der Waals surface area (Å²) in [6, 6.07) is 9.83. The molecule has 0 saturated carbocycles. The van der Waals surface area contributed by atoms with E-state index >= 15 is 0 Å². The van der Waals surface area contributed by atoms with E-state index in [1.165, 1.54) is 0 Å². The van der Waals surface area contributed by atoms with Gasteiger partial charge in [0.2, 0.25) is 5.91 Å². The molecule has 1 aromatic heterocycles. The number of carbonyl (C=O) groups is 2. The minimum absolute atomic E-state index is 0.0491. The molecule has 1 atom stereocenters. The zero-order valence-corrected chi connectivity index (χ0v) is 19.9. The van der Waals surface area contributed by atoms with Gasteiger partial charge in [0, 0.05) is 50.2 Å². The van der Waals surface area contributed by atoms with Crippen molar-refractivity contribution < 1.29 is 14.3 Å². The highest BCUT2D eigenvalue weighted by Crippen LogP contribution is 2.25. The summed E-state index contributed by atoms with van der Waals surface area (Å²) in [5.74, 6) is 0.0491. The van der Waals surface area contributed by atoms with Gasteiger partial charge in [-0.15, -0.1) is 11.3 Å². The molecule has 32 heavy (non-hydrogen) atoms. The monoisotopic (exact) mass is 456 g/mol. The standard InChI is InChI=1S/C24H32N4O3S/c1-24(2,3)31-23(30)28-11-7-10-20(28)22(29)27-14-12-26(13-15-27)16-19-17-32-21(25-19)18-8-5-4-6-9-18/h4-6,8-9,17,20H,7,10-16H2,1-3H3. The Balaban J connectivity index is 1.29. The SMILES string of the molecule is CC(C)(C)OC(=O)N1CCCC1C(=O)N1CCN(Cc2csc(-c3ccccc3)n2)CC1. The van der Waals surface area contributed by atoms with E-state index in [-0.39, 0.29) is 12.0 Å². The number of piperazine rings is 1. The molecule has 0 radical (unpaired) electrons. The molecule has 1 aromatic carbocycles. The first kappa shape index (κ1) is 22.7. The van der Waals surface area contributed by atoms with E-state index in [1.54, 1.807) is 16.2 Å². The number of hydrogen-bond donors (Lipinski definition) is 0. The summed E-state index contributed by atoms with van der Waals surface area (Å²) >= 11 is 1.67. The molecule has 1 unspecified atom stereocenters. The lowest BCUT2D eigenvalue weighted by Gasteiger charge is -2.37. The van der Waals surface area contributed by atoms with Crippen LogP contribution in [0.1, 0.15) is 39.3 Å². The van der Waals surface area contributed by atoms with Gasteiger partial charge in [-0.1, -0.05) is 30.3 Å². The molecular weight excluding hydrogens is 424 g/mol. The number of thiazole rings is 1. The Morgan fingerprint density at radius 2 is 1.81 bits per heavy atom. The van der Waals surface area contributed by atoms with E-state index in [4.69, 9.17) is 9.72 Å². The molecule has 2 aliphatic heterocycles. The molecule has 3 heterocycles. The Labute approximate surface area is 194 Å². The van der Waals surface area contributed by atoms with Gasteiger partial charge in [-0.2, -0.15) is 0 Å². The van der Waals surface area contributed by atoms with Crippen LogP contribution in [0, 0.1) is 0 Å². The predicted molar refractivity (Wildman–Crippen MR) is 125 cm³/mol. The largest absolute Gasteiger partial charge is 0.444 e. The first-order valence-corrected chi connectivity index (χ1v) is 12.2. The molecule has 2 aliphatic rings. The number of rotatable bonds is 4. The number of carbonyl (C=O) groups excluding carboxylic acids is 2. The minimum Gasteiger partial charge on any atom is -0.444 e. The Morgan fingerprint density at radius 3 is 2.50 bits per heavy atom. The summed E-state index contributed by atoms with van der Waals surface area (Å²) < 4.78 is 5.51. The molecule has 0 N–H and O–H groups in total. The van der Waals surface area contributed by atoms with Gasteiger partial charge in [0.25, 0.3) is 0 Å². The third-order valence-corrected chi connectivity index (χ3v) is 6.75. The molecule has 4 rings (SSSR count). The van der Waals surface area contributed by atoms with Crippen LogP contribution in [0.5, 0.6) is 0 Å². The molecule has 2 fully saturated rings.